The summed E-state index contributed by atoms with van der Waals surface area (Å²) in [5.74, 6) is 0.577. The van der Waals surface area contributed by atoms with E-state index in [0.29, 0.717) is 17.2 Å². The summed E-state index contributed by atoms with van der Waals surface area (Å²) < 4.78 is 18.9. The summed E-state index contributed by atoms with van der Waals surface area (Å²) in [6.07, 6.45) is 1.87. The van der Waals surface area contributed by atoms with Crippen LogP contribution in [-0.2, 0) is 0 Å². The van der Waals surface area contributed by atoms with Gasteiger partial charge < -0.3 is 9.84 Å². The van der Waals surface area contributed by atoms with Crippen LogP contribution in [0.5, 0.6) is 5.75 Å². The van der Waals surface area contributed by atoms with E-state index in [-0.39, 0.29) is 5.82 Å². The number of hydrogen-bond donors (Lipinski definition) is 1. The largest absolute Gasteiger partial charge is 0.490 e. The van der Waals surface area contributed by atoms with Crippen LogP contribution in [0.4, 0.5) is 4.39 Å². The van der Waals surface area contributed by atoms with Gasteiger partial charge in [0.2, 0.25) is 0 Å². The van der Waals surface area contributed by atoms with Crippen molar-refractivity contribution in [1.82, 2.24) is 0 Å². The van der Waals surface area contributed by atoms with Gasteiger partial charge in [-0.2, -0.15) is 0 Å². The molecule has 3 heteroatoms. The van der Waals surface area contributed by atoms with Crippen LogP contribution in [0, 0.1) is 12.7 Å². The van der Waals surface area contributed by atoms with E-state index in [1.807, 2.05) is 24.3 Å². The molecule has 0 spiro atoms. The second-order valence-electron chi connectivity index (χ2n) is 5.30. The Labute approximate surface area is 117 Å². The highest BCUT2D eigenvalue weighted by atomic mass is 19.1. The molecule has 2 aromatic rings. The summed E-state index contributed by atoms with van der Waals surface area (Å²) in [6, 6.07) is 12.1. The maximum absolute atomic E-state index is 13.2. The van der Waals surface area contributed by atoms with Crippen LogP contribution in [0.1, 0.15) is 35.6 Å². The number of rotatable bonds is 4. The number of halogens is 1. The molecule has 20 heavy (non-hydrogen) atoms. The molecule has 0 bridgehead atoms. The number of ether oxygens (including phenoxy) is 1. The lowest BCUT2D eigenvalue weighted by Crippen LogP contribution is -2.01. The zero-order valence-electron chi connectivity index (χ0n) is 11.3. The molecule has 1 aliphatic rings. The van der Waals surface area contributed by atoms with E-state index in [9.17, 15) is 9.50 Å². The smallest absolute Gasteiger partial charge is 0.126 e. The molecule has 3 rings (SSSR count). The Balaban J connectivity index is 1.78. The van der Waals surface area contributed by atoms with E-state index in [4.69, 9.17) is 4.74 Å². The molecule has 1 aliphatic carbocycles. The van der Waals surface area contributed by atoms with Crippen LogP contribution in [0.2, 0.25) is 0 Å². The fourth-order valence-corrected chi connectivity index (χ4v) is 2.14. The number of aliphatic hydroxyl groups excluding tert-OH is 1. The van der Waals surface area contributed by atoms with E-state index < -0.39 is 6.10 Å². The Bertz CT molecular complexity index is 603. The summed E-state index contributed by atoms with van der Waals surface area (Å²) in [5, 5.41) is 10.3. The van der Waals surface area contributed by atoms with Gasteiger partial charge in [0.05, 0.1) is 6.10 Å². The third kappa shape index (κ3) is 2.83. The quantitative estimate of drug-likeness (QED) is 0.918. The Morgan fingerprint density at radius 1 is 1.10 bits per heavy atom. The Kier molecular flexibility index (Phi) is 3.45. The minimum absolute atomic E-state index is 0.255. The van der Waals surface area contributed by atoms with E-state index in [1.165, 1.54) is 6.07 Å². The van der Waals surface area contributed by atoms with E-state index in [1.54, 1.807) is 19.1 Å². The normalized spacial score (nSPS) is 15.9. The van der Waals surface area contributed by atoms with Crippen molar-refractivity contribution in [2.45, 2.75) is 32.0 Å². The van der Waals surface area contributed by atoms with E-state index >= 15 is 0 Å². The van der Waals surface area contributed by atoms with Gasteiger partial charge in [0.1, 0.15) is 17.7 Å². The van der Waals surface area contributed by atoms with Gasteiger partial charge in [-0.1, -0.05) is 24.3 Å². The summed E-state index contributed by atoms with van der Waals surface area (Å²) in [4.78, 5) is 0. The van der Waals surface area contributed by atoms with Crippen molar-refractivity contribution in [3.63, 3.8) is 0 Å². The van der Waals surface area contributed by atoms with Crippen LogP contribution in [0.3, 0.4) is 0 Å². The van der Waals surface area contributed by atoms with Gasteiger partial charge in [-0.25, -0.2) is 4.39 Å². The van der Waals surface area contributed by atoms with Gasteiger partial charge in [-0.15, -0.1) is 0 Å². The molecule has 1 saturated carbocycles. The minimum atomic E-state index is -0.746. The first-order chi connectivity index (χ1) is 9.63. The molecule has 0 aliphatic heterocycles. The summed E-state index contributed by atoms with van der Waals surface area (Å²) in [5.41, 5.74) is 2.01. The summed E-state index contributed by atoms with van der Waals surface area (Å²) in [7, 11) is 0. The van der Waals surface area contributed by atoms with Crippen LogP contribution < -0.4 is 4.74 Å². The van der Waals surface area contributed by atoms with Crippen molar-refractivity contribution < 1.29 is 14.2 Å². The Morgan fingerprint density at radius 2 is 1.75 bits per heavy atom. The molecule has 0 radical (unpaired) electrons. The molecular weight excluding hydrogens is 255 g/mol. The molecule has 0 saturated heterocycles. The predicted molar refractivity (Wildman–Crippen MR) is 75.3 cm³/mol. The van der Waals surface area contributed by atoms with Gasteiger partial charge >= 0.3 is 0 Å². The summed E-state index contributed by atoms with van der Waals surface area (Å²) >= 11 is 0. The first-order valence-electron chi connectivity index (χ1n) is 6.84. The second-order valence-corrected chi connectivity index (χ2v) is 5.30. The van der Waals surface area contributed by atoms with Crippen molar-refractivity contribution in [2.75, 3.05) is 0 Å². The van der Waals surface area contributed by atoms with Crippen LogP contribution >= 0.6 is 0 Å². The molecule has 2 nitrogen and oxygen atoms in total. The highest BCUT2D eigenvalue weighted by molar-refractivity contribution is 5.36. The second kappa shape index (κ2) is 5.25. The van der Waals surface area contributed by atoms with E-state index in [2.05, 4.69) is 0 Å². The maximum atomic E-state index is 13.2. The van der Waals surface area contributed by atoms with Crippen molar-refractivity contribution >= 4 is 0 Å². The van der Waals surface area contributed by atoms with E-state index in [0.717, 1.165) is 24.2 Å². The van der Waals surface area contributed by atoms with Gasteiger partial charge in [-0.05, 0) is 54.7 Å². The van der Waals surface area contributed by atoms with Crippen LogP contribution in [0.15, 0.2) is 42.5 Å². The van der Waals surface area contributed by atoms with Crippen molar-refractivity contribution in [3.05, 3.63) is 65.0 Å². The van der Waals surface area contributed by atoms with Crippen LogP contribution in [0.25, 0.3) is 0 Å². The third-order valence-corrected chi connectivity index (χ3v) is 3.52. The highest BCUT2D eigenvalue weighted by Gasteiger charge is 2.23. The lowest BCUT2D eigenvalue weighted by molar-refractivity contribution is 0.220. The summed E-state index contributed by atoms with van der Waals surface area (Å²) in [6.45, 7) is 1.69. The van der Waals surface area contributed by atoms with Crippen molar-refractivity contribution in [3.8, 4) is 5.75 Å². The Hall–Kier alpha value is -1.87. The molecule has 1 N–H and O–H groups in total. The number of aliphatic hydroxyl groups is 1. The fraction of sp³-hybridized carbons (Fsp3) is 0.294. The highest BCUT2D eigenvalue weighted by Crippen LogP contribution is 2.29. The lowest BCUT2D eigenvalue weighted by Gasteiger charge is -2.13. The first-order valence-corrected chi connectivity index (χ1v) is 6.84. The standard InChI is InChI=1S/C17H17FO2/c1-11-10-13(4-9-16(11)18)17(19)12-2-5-14(6-3-12)20-15-7-8-15/h2-6,9-10,15,17,19H,7-8H2,1H3. The number of hydrogen-bond acceptors (Lipinski definition) is 2. The monoisotopic (exact) mass is 272 g/mol. The average Bonchev–Trinajstić information content (AvgIpc) is 3.26. The average molecular weight is 272 g/mol. The molecule has 0 amide bonds. The lowest BCUT2D eigenvalue weighted by atomic mass is 10.00. The molecule has 0 heterocycles. The zero-order valence-corrected chi connectivity index (χ0v) is 11.3. The van der Waals surface area contributed by atoms with Gasteiger partial charge in [0, 0.05) is 0 Å². The molecule has 1 atom stereocenters. The SMILES string of the molecule is Cc1cc(C(O)c2ccc(OC3CC3)cc2)ccc1F. The van der Waals surface area contributed by atoms with Crippen molar-refractivity contribution in [2.24, 2.45) is 0 Å². The molecular formula is C17H17FO2. The predicted octanol–water partition coefficient (Wildman–Crippen LogP) is 3.76. The molecule has 2 aromatic carbocycles. The molecule has 0 aromatic heterocycles. The van der Waals surface area contributed by atoms with Gasteiger partial charge in [0.15, 0.2) is 0 Å². The molecule has 1 unspecified atom stereocenters. The Morgan fingerprint density at radius 3 is 2.35 bits per heavy atom. The third-order valence-electron chi connectivity index (χ3n) is 3.52. The minimum Gasteiger partial charge on any atom is -0.490 e. The van der Waals surface area contributed by atoms with Gasteiger partial charge in [0.25, 0.3) is 0 Å². The first kappa shape index (κ1) is 13.1. The number of aryl methyl sites for hydroxylation is 1. The molecule has 104 valence electrons. The zero-order chi connectivity index (χ0) is 14.1. The van der Waals surface area contributed by atoms with Gasteiger partial charge in [-0.3, -0.25) is 0 Å². The van der Waals surface area contributed by atoms with Crippen molar-refractivity contribution in [1.29, 1.82) is 0 Å². The molecule has 1 fully saturated rings. The fourth-order valence-electron chi connectivity index (χ4n) is 2.14. The maximum Gasteiger partial charge on any atom is 0.126 e. The number of benzene rings is 2. The van der Waals surface area contributed by atoms with Crippen LogP contribution in [-0.4, -0.2) is 11.2 Å². The topological polar surface area (TPSA) is 29.5 Å².